The third-order valence-electron chi connectivity index (χ3n) is 4.19. The van der Waals surface area contributed by atoms with Crippen LogP contribution in [0.15, 0.2) is 36.5 Å². The summed E-state index contributed by atoms with van der Waals surface area (Å²) in [7, 11) is 0. The van der Waals surface area contributed by atoms with E-state index in [9.17, 15) is 20.0 Å². The van der Waals surface area contributed by atoms with Crippen molar-refractivity contribution in [2.75, 3.05) is 6.54 Å². The van der Waals surface area contributed by atoms with Gasteiger partial charge in [-0.15, -0.1) is 0 Å². The van der Waals surface area contributed by atoms with Crippen LogP contribution >= 0.6 is 0 Å². The Labute approximate surface area is 145 Å². The predicted molar refractivity (Wildman–Crippen MR) is 92.6 cm³/mol. The molecule has 134 valence electrons. The second kappa shape index (κ2) is 8.39. The van der Waals surface area contributed by atoms with Gasteiger partial charge in [-0.1, -0.05) is 32.8 Å². The zero-order valence-electron chi connectivity index (χ0n) is 14.3. The quantitative estimate of drug-likeness (QED) is 0.563. The Morgan fingerprint density at radius 2 is 2.08 bits per heavy atom. The van der Waals surface area contributed by atoms with Crippen molar-refractivity contribution in [2.45, 2.75) is 32.8 Å². The normalized spacial score (nSPS) is 12.2. The van der Waals surface area contributed by atoms with Crippen LogP contribution in [0.2, 0.25) is 0 Å². The number of carbonyl (C=O) groups excluding carboxylic acids is 1. The second-order valence-corrected chi connectivity index (χ2v) is 5.78. The number of nitrogens with zero attached hydrogens (tertiary/aromatic N) is 3. The van der Waals surface area contributed by atoms with Crippen LogP contribution in [0.25, 0.3) is 5.69 Å². The minimum Gasteiger partial charge on any atom is -0.391 e. The third kappa shape index (κ3) is 4.63. The Hall–Kier alpha value is -2.74. The van der Waals surface area contributed by atoms with Gasteiger partial charge in [-0.3, -0.25) is 14.9 Å². The van der Waals surface area contributed by atoms with Crippen LogP contribution in [0.4, 0.5) is 5.69 Å². The number of rotatable bonds is 8. The highest BCUT2D eigenvalue weighted by molar-refractivity contribution is 5.92. The van der Waals surface area contributed by atoms with Gasteiger partial charge in [0.2, 0.25) is 0 Å². The molecule has 1 amide bonds. The van der Waals surface area contributed by atoms with Crippen LogP contribution in [-0.2, 0) is 0 Å². The Bertz CT molecular complexity index is 740. The molecule has 0 spiro atoms. The van der Waals surface area contributed by atoms with E-state index in [1.165, 1.54) is 22.9 Å². The number of benzene rings is 1. The molecule has 1 atom stereocenters. The highest BCUT2D eigenvalue weighted by atomic mass is 16.6. The van der Waals surface area contributed by atoms with E-state index in [0.717, 1.165) is 12.8 Å². The van der Waals surface area contributed by atoms with Crippen molar-refractivity contribution in [1.82, 2.24) is 15.1 Å². The number of hydrogen-bond donors (Lipinski definition) is 2. The number of aliphatic hydroxyl groups excluding tert-OH is 1. The topological polar surface area (TPSA) is 110 Å². The molecule has 1 aromatic carbocycles. The van der Waals surface area contributed by atoms with E-state index in [1.807, 2.05) is 13.8 Å². The van der Waals surface area contributed by atoms with Crippen LogP contribution in [0.3, 0.4) is 0 Å². The minimum atomic E-state index is -0.599. The monoisotopic (exact) mass is 346 g/mol. The van der Waals surface area contributed by atoms with Crippen molar-refractivity contribution in [1.29, 1.82) is 0 Å². The minimum absolute atomic E-state index is 0.0488. The van der Waals surface area contributed by atoms with E-state index in [-0.39, 0.29) is 23.8 Å². The maximum absolute atomic E-state index is 12.2. The van der Waals surface area contributed by atoms with E-state index in [4.69, 9.17) is 0 Å². The van der Waals surface area contributed by atoms with Crippen LogP contribution in [0.1, 0.15) is 37.2 Å². The van der Waals surface area contributed by atoms with Crippen molar-refractivity contribution in [3.05, 3.63) is 52.3 Å². The second-order valence-electron chi connectivity index (χ2n) is 5.78. The van der Waals surface area contributed by atoms with Crippen molar-refractivity contribution in [2.24, 2.45) is 5.92 Å². The van der Waals surface area contributed by atoms with Gasteiger partial charge in [0.05, 0.1) is 16.7 Å². The van der Waals surface area contributed by atoms with Crippen molar-refractivity contribution >= 4 is 11.6 Å². The predicted octanol–water partition coefficient (Wildman–Crippen LogP) is 2.31. The van der Waals surface area contributed by atoms with Gasteiger partial charge in [0.15, 0.2) is 5.69 Å². The molecule has 2 rings (SSSR count). The number of hydrogen-bond acceptors (Lipinski definition) is 5. The Morgan fingerprint density at radius 3 is 2.72 bits per heavy atom. The smallest absolute Gasteiger partial charge is 0.271 e. The van der Waals surface area contributed by atoms with Crippen LogP contribution in [0, 0.1) is 16.0 Å². The summed E-state index contributed by atoms with van der Waals surface area (Å²) in [4.78, 5) is 22.5. The highest BCUT2D eigenvalue weighted by Crippen LogP contribution is 2.16. The molecule has 0 saturated heterocycles. The van der Waals surface area contributed by atoms with Gasteiger partial charge in [0.1, 0.15) is 0 Å². The van der Waals surface area contributed by atoms with Crippen molar-refractivity contribution in [3.8, 4) is 5.69 Å². The third-order valence-corrected chi connectivity index (χ3v) is 4.19. The first kappa shape index (κ1) is 18.6. The molecule has 0 aliphatic heterocycles. The molecule has 8 heteroatoms. The van der Waals surface area contributed by atoms with E-state index < -0.39 is 16.9 Å². The molecule has 0 aliphatic carbocycles. The number of nitro benzene ring substituents is 1. The zero-order valence-corrected chi connectivity index (χ0v) is 14.3. The molecule has 8 nitrogen and oxygen atoms in total. The summed E-state index contributed by atoms with van der Waals surface area (Å²) in [6, 6.07) is 7.52. The molecule has 0 aliphatic rings. The number of aliphatic hydroxyl groups is 1. The summed E-state index contributed by atoms with van der Waals surface area (Å²) in [6.45, 7) is 4.16. The lowest BCUT2D eigenvalue weighted by atomic mass is 9.96. The molecule has 1 unspecified atom stereocenters. The first-order valence-corrected chi connectivity index (χ1v) is 8.23. The summed E-state index contributed by atoms with van der Waals surface area (Å²) in [5.41, 5.74) is 0.626. The molecule has 0 saturated carbocycles. The lowest BCUT2D eigenvalue weighted by molar-refractivity contribution is -0.384. The number of non-ortho nitro benzene ring substituents is 1. The molecule has 0 radical (unpaired) electrons. The van der Waals surface area contributed by atoms with Gasteiger partial charge in [0, 0.05) is 24.9 Å². The zero-order chi connectivity index (χ0) is 18.4. The van der Waals surface area contributed by atoms with Gasteiger partial charge >= 0.3 is 0 Å². The van der Waals surface area contributed by atoms with Crippen LogP contribution in [0.5, 0.6) is 0 Å². The van der Waals surface area contributed by atoms with E-state index in [2.05, 4.69) is 10.4 Å². The Kier molecular flexibility index (Phi) is 6.24. The molecule has 2 N–H and O–H groups in total. The van der Waals surface area contributed by atoms with Crippen molar-refractivity contribution in [3.63, 3.8) is 0 Å². The van der Waals surface area contributed by atoms with Crippen molar-refractivity contribution < 1.29 is 14.8 Å². The molecule has 0 bridgehead atoms. The number of nitrogens with one attached hydrogen (secondary N) is 1. The van der Waals surface area contributed by atoms with E-state index in [1.54, 1.807) is 18.3 Å². The lowest BCUT2D eigenvalue weighted by Gasteiger charge is -2.19. The first-order chi connectivity index (χ1) is 12.0. The average Bonchev–Trinajstić information content (AvgIpc) is 3.11. The summed E-state index contributed by atoms with van der Waals surface area (Å²) < 4.78 is 1.40. The molecule has 0 fully saturated rings. The number of nitro groups is 1. The molecular weight excluding hydrogens is 324 g/mol. The number of carbonyl (C=O) groups is 1. The summed E-state index contributed by atoms with van der Waals surface area (Å²) in [5, 5.41) is 27.7. The van der Waals surface area contributed by atoms with E-state index >= 15 is 0 Å². The van der Waals surface area contributed by atoms with E-state index in [0.29, 0.717) is 5.69 Å². The summed E-state index contributed by atoms with van der Waals surface area (Å²) in [6.07, 6.45) is 2.65. The molecule has 1 heterocycles. The SMILES string of the molecule is CCC(CC)C(O)CNC(=O)c1ccn(-c2cccc([N+](=O)[O-])c2)n1. The fraction of sp³-hybridized carbons (Fsp3) is 0.412. The van der Waals surface area contributed by atoms with Crippen LogP contribution < -0.4 is 5.32 Å². The fourth-order valence-corrected chi connectivity index (χ4v) is 2.63. The van der Waals surface area contributed by atoms with Crippen LogP contribution in [-0.4, -0.2) is 38.4 Å². The number of amides is 1. The average molecular weight is 346 g/mol. The summed E-state index contributed by atoms with van der Waals surface area (Å²) in [5.74, 6) is -0.253. The van der Waals surface area contributed by atoms with Gasteiger partial charge in [-0.05, 0) is 18.1 Å². The lowest BCUT2D eigenvalue weighted by Crippen LogP contribution is -2.36. The number of aromatic nitrogens is 2. The first-order valence-electron chi connectivity index (χ1n) is 8.23. The molecule has 2 aromatic rings. The molecule has 1 aromatic heterocycles. The highest BCUT2D eigenvalue weighted by Gasteiger charge is 2.18. The standard InChI is InChI=1S/C17H22N4O4/c1-3-12(4-2)16(22)11-18-17(23)15-8-9-20(19-15)13-6-5-7-14(10-13)21(24)25/h5-10,12,16,22H,3-4,11H2,1-2H3,(H,18,23). The maximum Gasteiger partial charge on any atom is 0.271 e. The Morgan fingerprint density at radius 1 is 1.36 bits per heavy atom. The molecular formula is C17H22N4O4. The molecule has 25 heavy (non-hydrogen) atoms. The fourth-order valence-electron chi connectivity index (χ4n) is 2.63. The summed E-state index contributed by atoms with van der Waals surface area (Å²) >= 11 is 0. The maximum atomic E-state index is 12.2. The van der Waals surface area contributed by atoms with Gasteiger partial charge in [-0.2, -0.15) is 5.10 Å². The van der Waals surface area contributed by atoms with Gasteiger partial charge in [-0.25, -0.2) is 4.68 Å². The largest absolute Gasteiger partial charge is 0.391 e. The van der Waals surface area contributed by atoms with Gasteiger partial charge in [0.25, 0.3) is 11.6 Å². The Balaban J connectivity index is 2.04. The van der Waals surface area contributed by atoms with Gasteiger partial charge < -0.3 is 10.4 Å².